The third kappa shape index (κ3) is 1.88. The van der Waals surface area contributed by atoms with Crippen molar-refractivity contribution in [1.29, 1.82) is 0 Å². The minimum Gasteiger partial charge on any atom is -0.0622 e. The van der Waals surface area contributed by atoms with Crippen molar-refractivity contribution < 1.29 is 0 Å². The normalized spacial score (nSPS) is 10.4. The van der Waals surface area contributed by atoms with Crippen LogP contribution in [-0.2, 0) is 6.42 Å². The molecule has 2 aromatic rings. The minimum absolute atomic E-state index is 1.11. The molecule has 0 unspecified atom stereocenters. The highest BCUT2D eigenvalue weighted by atomic mass is 14.1. The molecule has 0 N–H and O–H groups in total. The second kappa shape index (κ2) is 4.52. The average molecular weight is 210 g/mol. The van der Waals surface area contributed by atoms with Crippen molar-refractivity contribution in [1.82, 2.24) is 0 Å². The van der Waals surface area contributed by atoms with Gasteiger partial charge in [-0.2, -0.15) is 0 Å². The minimum atomic E-state index is 1.11. The van der Waals surface area contributed by atoms with Crippen molar-refractivity contribution in [2.24, 2.45) is 0 Å². The number of aryl methyl sites for hydroxylation is 1. The molecule has 16 heavy (non-hydrogen) atoms. The summed E-state index contributed by atoms with van der Waals surface area (Å²) in [5.74, 6) is 0. The maximum atomic E-state index is 2.24. The summed E-state index contributed by atoms with van der Waals surface area (Å²) in [5.41, 5.74) is 6.99. The van der Waals surface area contributed by atoms with Crippen LogP contribution < -0.4 is 0 Å². The smallest absolute Gasteiger partial charge is 0.0152 e. The van der Waals surface area contributed by atoms with Crippen molar-refractivity contribution in [3.05, 3.63) is 59.2 Å². The lowest BCUT2D eigenvalue weighted by molar-refractivity contribution is 1.08. The van der Waals surface area contributed by atoms with Gasteiger partial charge in [-0.3, -0.25) is 0 Å². The lowest BCUT2D eigenvalue weighted by Gasteiger charge is -2.13. The molecule has 0 heterocycles. The standard InChI is InChI=1S/C16H18/c1-4-15-12(2)10-11-16(13(15)3)14-8-6-5-7-9-14/h5-11H,4H2,1-3H3. The highest BCUT2D eigenvalue weighted by Crippen LogP contribution is 2.27. The molecule has 82 valence electrons. The SMILES string of the molecule is CCc1c(C)ccc(-c2ccccc2)c1C. The molecule has 0 saturated carbocycles. The van der Waals surface area contributed by atoms with Gasteiger partial charge in [-0.05, 0) is 48.1 Å². The van der Waals surface area contributed by atoms with Crippen LogP contribution in [-0.4, -0.2) is 0 Å². The second-order valence-corrected chi connectivity index (χ2v) is 4.25. The van der Waals surface area contributed by atoms with Crippen LogP contribution in [0.25, 0.3) is 11.1 Å². The Morgan fingerprint density at radius 3 is 2.19 bits per heavy atom. The second-order valence-electron chi connectivity index (χ2n) is 4.25. The van der Waals surface area contributed by atoms with E-state index < -0.39 is 0 Å². The van der Waals surface area contributed by atoms with Crippen LogP contribution in [0.5, 0.6) is 0 Å². The molecule has 2 aromatic carbocycles. The third-order valence-corrected chi connectivity index (χ3v) is 3.27. The Kier molecular flexibility index (Phi) is 3.09. The van der Waals surface area contributed by atoms with Crippen molar-refractivity contribution in [2.45, 2.75) is 27.2 Å². The topological polar surface area (TPSA) is 0 Å². The van der Waals surface area contributed by atoms with E-state index in [2.05, 4.69) is 63.2 Å². The zero-order valence-corrected chi connectivity index (χ0v) is 10.2. The first kappa shape index (κ1) is 10.9. The summed E-state index contributed by atoms with van der Waals surface area (Å²) < 4.78 is 0. The molecule has 0 nitrogen and oxygen atoms in total. The maximum Gasteiger partial charge on any atom is -0.0152 e. The molecule has 0 spiro atoms. The van der Waals surface area contributed by atoms with E-state index >= 15 is 0 Å². The average Bonchev–Trinajstić information content (AvgIpc) is 2.31. The summed E-state index contributed by atoms with van der Waals surface area (Å²) in [6.07, 6.45) is 1.11. The zero-order chi connectivity index (χ0) is 11.5. The van der Waals surface area contributed by atoms with Gasteiger partial charge in [-0.1, -0.05) is 49.4 Å². The van der Waals surface area contributed by atoms with Crippen LogP contribution in [0.3, 0.4) is 0 Å². The highest BCUT2D eigenvalue weighted by Gasteiger charge is 2.06. The Morgan fingerprint density at radius 2 is 1.56 bits per heavy atom. The molecule has 0 aliphatic rings. The molecule has 0 atom stereocenters. The van der Waals surface area contributed by atoms with Gasteiger partial charge in [0.15, 0.2) is 0 Å². The Labute approximate surface area is 97.9 Å². The van der Waals surface area contributed by atoms with Gasteiger partial charge in [-0.25, -0.2) is 0 Å². The fraction of sp³-hybridized carbons (Fsp3) is 0.250. The Morgan fingerprint density at radius 1 is 0.875 bits per heavy atom. The van der Waals surface area contributed by atoms with E-state index in [1.165, 1.54) is 27.8 Å². The van der Waals surface area contributed by atoms with Crippen LogP contribution in [0.1, 0.15) is 23.6 Å². The van der Waals surface area contributed by atoms with Gasteiger partial charge in [0.25, 0.3) is 0 Å². The van der Waals surface area contributed by atoms with Crippen LogP contribution in [0.2, 0.25) is 0 Å². The number of hydrogen-bond donors (Lipinski definition) is 0. The number of hydrogen-bond acceptors (Lipinski definition) is 0. The molecule has 0 bridgehead atoms. The van der Waals surface area contributed by atoms with Gasteiger partial charge < -0.3 is 0 Å². The Balaban J connectivity index is 2.59. The Hall–Kier alpha value is -1.56. The molecule has 0 fully saturated rings. The molecule has 0 radical (unpaired) electrons. The molecule has 0 amide bonds. The summed E-state index contributed by atoms with van der Waals surface area (Å²) in [6.45, 7) is 6.65. The lowest BCUT2D eigenvalue weighted by Crippen LogP contribution is -1.94. The molecule has 0 heteroatoms. The first-order valence-electron chi connectivity index (χ1n) is 5.88. The molecule has 0 saturated heterocycles. The molecule has 0 aliphatic carbocycles. The van der Waals surface area contributed by atoms with E-state index in [0.29, 0.717) is 0 Å². The van der Waals surface area contributed by atoms with Crippen LogP contribution in [0, 0.1) is 13.8 Å². The summed E-state index contributed by atoms with van der Waals surface area (Å²) in [7, 11) is 0. The van der Waals surface area contributed by atoms with Crippen LogP contribution in [0.4, 0.5) is 0 Å². The first-order chi connectivity index (χ1) is 7.74. The van der Waals surface area contributed by atoms with Crippen molar-refractivity contribution in [3.8, 4) is 11.1 Å². The van der Waals surface area contributed by atoms with E-state index in [1.54, 1.807) is 0 Å². The molecule has 2 rings (SSSR count). The fourth-order valence-electron chi connectivity index (χ4n) is 2.37. The van der Waals surface area contributed by atoms with E-state index in [4.69, 9.17) is 0 Å². The quantitative estimate of drug-likeness (QED) is 0.683. The number of rotatable bonds is 2. The zero-order valence-electron chi connectivity index (χ0n) is 10.2. The highest BCUT2D eigenvalue weighted by molar-refractivity contribution is 5.69. The predicted octanol–water partition coefficient (Wildman–Crippen LogP) is 4.53. The Bertz CT molecular complexity index is 481. The summed E-state index contributed by atoms with van der Waals surface area (Å²) in [4.78, 5) is 0. The van der Waals surface area contributed by atoms with Gasteiger partial charge in [-0.15, -0.1) is 0 Å². The van der Waals surface area contributed by atoms with Gasteiger partial charge in [0.05, 0.1) is 0 Å². The summed E-state index contributed by atoms with van der Waals surface area (Å²) >= 11 is 0. The largest absolute Gasteiger partial charge is 0.0622 e. The third-order valence-electron chi connectivity index (χ3n) is 3.27. The lowest BCUT2D eigenvalue weighted by atomic mass is 9.92. The van der Waals surface area contributed by atoms with Crippen LogP contribution >= 0.6 is 0 Å². The van der Waals surface area contributed by atoms with E-state index in [1.807, 2.05) is 0 Å². The predicted molar refractivity (Wildman–Crippen MR) is 70.7 cm³/mol. The fourth-order valence-corrected chi connectivity index (χ4v) is 2.37. The molecule has 0 aliphatic heterocycles. The van der Waals surface area contributed by atoms with Crippen molar-refractivity contribution in [2.75, 3.05) is 0 Å². The van der Waals surface area contributed by atoms with E-state index in [9.17, 15) is 0 Å². The van der Waals surface area contributed by atoms with Gasteiger partial charge in [0.1, 0.15) is 0 Å². The molecular weight excluding hydrogens is 192 g/mol. The molecule has 0 aromatic heterocycles. The first-order valence-corrected chi connectivity index (χ1v) is 5.88. The summed E-state index contributed by atoms with van der Waals surface area (Å²) in [6, 6.07) is 15.1. The van der Waals surface area contributed by atoms with Crippen LogP contribution in [0.15, 0.2) is 42.5 Å². The summed E-state index contributed by atoms with van der Waals surface area (Å²) in [5, 5.41) is 0. The van der Waals surface area contributed by atoms with Gasteiger partial charge >= 0.3 is 0 Å². The van der Waals surface area contributed by atoms with Gasteiger partial charge in [0, 0.05) is 0 Å². The monoisotopic (exact) mass is 210 g/mol. The van der Waals surface area contributed by atoms with Crippen molar-refractivity contribution >= 4 is 0 Å². The number of benzene rings is 2. The molecular formula is C16H18. The maximum absolute atomic E-state index is 2.24. The van der Waals surface area contributed by atoms with Crippen molar-refractivity contribution in [3.63, 3.8) is 0 Å². The van der Waals surface area contributed by atoms with E-state index in [0.717, 1.165) is 6.42 Å². The van der Waals surface area contributed by atoms with Gasteiger partial charge in [0.2, 0.25) is 0 Å². The van der Waals surface area contributed by atoms with E-state index in [-0.39, 0.29) is 0 Å².